The Morgan fingerprint density at radius 2 is 1.88 bits per heavy atom. The van der Waals surface area contributed by atoms with Crippen LogP contribution in [0.5, 0.6) is 0 Å². The molecule has 0 aliphatic carbocycles. The Bertz CT molecular complexity index is 928. The Morgan fingerprint density at radius 1 is 1.15 bits per heavy atom. The number of rotatable bonds is 4. The predicted octanol–water partition coefficient (Wildman–Crippen LogP) is 4.41. The first-order chi connectivity index (χ1) is 12.5. The van der Waals surface area contributed by atoms with Crippen molar-refractivity contribution >= 4 is 35.2 Å². The van der Waals surface area contributed by atoms with Gasteiger partial charge >= 0.3 is 0 Å². The van der Waals surface area contributed by atoms with E-state index in [-0.39, 0.29) is 5.91 Å². The molecule has 26 heavy (non-hydrogen) atoms. The van der Waals surface area contributed by atoms with Crippen LogP contribution in [0, 0.1) is 0 Å². The molecule has 0 bridgehead atoms. The van der Waals surface area contributed by atoms with Crippen LogP contribution >= 0.6 is 23.4 Å². The molecule has 1 aliphatic heterocycles. The van der Waals surface area contributed by atoms with Crippen LogP contribution in [0.3, 0.4) is 0 Å². The molecule has 7 heteroatoms. The highest BCUT2D eigenvalue weighted by atomic mass is 35.5. The minimum atomic E-state index is -0.540. The monoisotopic (exact) mass is 384 g/mol. The molecule has 1 amide bonds. The third-order valence-corrected chi connectivity index (χ3v) is 6.02. The molecular formula is C19H17ClN4OS. The molecule has 3 aromatic rings. The lowest BCUT2D eigenvalue weighted by Crippen LogP contribution is -2.35. The van der Waals surface area contributed by atoms with E-state index >= 15 is 0 Å². The number of nitrogens with one attached hydrogen (secondary N) is 1. The average Bonchev–Trinajstić information content (AvgIpc) is 3.24. The number of anilines is 1. The summed E-state index contributed by atoms with van der Waals surface area (Å²) < 4.78 is -0.540. The summed E-state index contributed by atoms with van der Waals surface area (Å²) in [6.45, 7) is 2.57. The summed E-state index contributed by atoms with van der Waals surface area (Å²) >= 11 is 7.50. The molecular weight excluding hydrogens is 368 g/mol. The van der Waals surface area contributed by atoms with E-state index in [2.05, 4.69) is 15.2 Å². The van der Waals surface area contributed by atoms with Crippen LogP contribution in [0.4, 0.5) is 5.95 Å². The molecule has 4 rings (SSSR count). The minimum absolute atomic E-state index is 0.0241. The van der Waals surface area contributed by atoms with Crippen molar-refractivity contribution in [1.29, 1.82) is 0 Å². The van der Waals surface area contributed by atoms with Crippen LogP contribution in [-0.4, -0.2) is 32.4 Å². The highest BCUT2D eigenvalue weighted by Crippen LogP contribution is 2.42. The number of nitrogens with zero attached hydrogens (tertiary/aromatic N) is 3. The summed E-state index contributed by atoms with van der Waals surface area (Å²) in [5.41, 5.74) is 0.941. The topological polar surface area (TPSA) is 61.9 Å². The van der Waals surface area contributed by atoms with E-state index in [0.717, 1.165) is 16.9 Å². The van der Waals surface area contributed by atoms with E-state index in [1.165, 1.54) is 0 Å². The number of carbonyl (C=O) groups excluding carboxylic acids is 1. The molecule has 132 valence electrons. The summed E-state index contributed by atoms with van der Waals surface area (Å²) in [5.74, 6) is 1.11. The Kier molecular flexibility index (Phi) is 4.46. The number of hydrogen-bond acceptors (Lipinski definition) is 4. The van der Waals surface area contributed by atoms with Gasteiger partial charge in [0.1, 0.15) is 0 Å². The zero-order valence-electron chi connectivity index (χ0n) is 14.1. The van der Waals surface area contributed by atoms with Gasteiger partial charge in [-0.2, -0.15) is 4.98 Å². The van der Waals surface area contributed by atoms with Gasteiger partial charge in [-0.3, -0.25) is 14.8 Å². The number of benzene rings is 2. The van der Waals surface area contributed by atoms with Crippen molar-refractivity contribution in [3.63, 3.8) is 0 Å². The van der Waals surface area contributed by atoms with Crippen LogP contribution in [0.25, 0.3) is 11.4 Å². The zero-order chi connectivity index (χ0) is 18.1. The molecule has 2 aromatic carbocycles. The van der Waals surface area contributed by atoms with Crippen LogP contribution in [-0.2, 0) is 4.79 Å². The maximum absolute atomic E-state index is 13.0. The van der Waals surface area contributed by atoms with Crippen molar-refractivity contribution in [2.45, 2.75) is 23.0 Å². The maximum atomic E-state index is 13.0. The van der Waals surface area contributed by atoms with Gasteiger partial charge in [-0.1, -0.05) is 41.9 Å². The summed E-state index contributed by atoms with van der Waals surface area (Å²) in [6, 6.07) is 17.3. The van der Waals surface area contributed by atoms with E-state index in [1.807, 2.05) is 61.5 Å². The van der Waals surface area contributed by atoms with E-state index in [1.54, 1.807) is 16.7 Å². The van der Waals surface area contributed by atoms with Crippen LogP contribution in [0.2, 0.25) is 5.02 Å². The Labute approximate surface area is 160 Å². The standard InChI is InChI=1S/C19H17ClN4OS/c1-19(26-15-9-7-14(20)8-10-15)11-12-24(17(19)25)18-21-16(22-23-18)13-5-3-2-4-6-13/h2-10H,11-12H2,1H3,(H,21,22,23). The van der Waals surface area contributed by atoms with Gasteiger partial charge in [0.05, 0.1) is 4.75 Å². The third kappa shape index (κ3) is 3.22. The molecule has 0 radical (unpaired) electrons. The number of H-pyrrole nitrogens is 1. The molecule has 1 atom stereocenters. The Balaban J connectivity index is 1.54. The molecule has 5 nitrogen and oxygen atoms in total. The van der Waals surface area contributed by atoms with Crippen LogP contribution in [0.1, 0.15) is 13.3 Å². The normalized spacial score (nSPS) is 19.9. The largest absolute Gasteiger partial charge is 0.278 e. The van der Waals surface area contributed by atoms with Crippen molar-refractivity contribution in [2.24, 2.45) is 0 Å². The fourth-order valence-electron chi connectivity index (χ4n) is 2.97. The van der Waals surface area contributed by atoms with E-state index in [4.69, 9.17) is 11.6 Å². The lowest BCUT2D eigenvalue weighted by atomic mass is 10.1. The number of carbonyl (C=O) groups is 1. The van der Waals surface area contributed by atoms with Gasteiger partial charge in [-0.25, -0.2) is 0 Å². The highest BCUT2D eigenvalue weighted by molar-refractivity contribution is 8.01. The lowest BCUT2D eigenvalue weighted by Gasteiger charge is -2.21. The summed E-state index contributed by atoms with van der Waals surface area (Å²) in [6.07, 6.45) is 0.730. The average molecular weight is 385 g/mol. The van der Waals surface area contributed by atoms with Crippen molar-refractivity contribution in [3.8, 4) is 11.4 Å². The van der Waals surface area contributed by atoms with Gasteiger partial charge in [0, 0.05) is 22.0 Å². The van der Waals surface area contributed by atoms with Gasteiger partial charge in [0.25, 0.3) is 5.95 Å². The molecule has 2 heterocycles. The molecule has 1 fully saturated rings. The molecule has 1 N–H and O–H groups in total. The predicted molar refractivity (Wildman–Crippen MR) is 105 cm³/mol. The SMILES string of the molecule is CC1(Sc2ccc(Cl)cc2)CCN(c2n[nH]c(-c3ccccc3)n2)C1=O. The third-order valence-electron chi connectivity index (χ3n) is 4.43. The molecule has 1 saturated heterocycles. The van der Waals surface area contributed by atoms with Crippen molar-refractivity contribution < 1.29 is 4.79 Å². The summed E-state index contributed by atoms with van der Waals surface area (Å²) in [7, 11) is 0. The lowest BCUT2D eigenvalue weighted by molar-refractivity contribution is -0.118. The fraction of sp³-hybridized carbons (Fsp3) is 0.211. The number of thioether (sulfide) groups is 1. The first-order valence-electron chi connectivity index (χ1n) is 8.29. The highest BCUT2D eigenvalue weighted by Gasteiger charge is 2.45. The van der Waals surface area contributed by atoms with Crippen molar-refractivity contribution in [3.05, 3.63) is 59.6 Å². The molecule has 0 spiro atoms. The van der Waals surface area contributed by atoms with Gasteiger partial charge < -0.3 is 0 Å². The number of aromatic amines is 1. The Hall–Kier alpha value is -2.31. The quantitative estimate of drug-likeness (QED) is 0.723. The second-order valence-electron chi connectivity index (χ2n) is 6.34. The van der Waals surface area contributed by atoms with E-state index in [9.17, 15) is 4.79 Å². The van der Waals surface area contributed by atoms with Crippen LogP contribution in [0.15, 0.2) is 59.5 Å². The molecule has 1 unspecified atom stereocenters. The smallest absolute Gasteiger partial charge is 0.251 e. The second kappa shape index (κ2) is 6.78. The molecule has 1 aromatic heterocycles. The van der Waals surface area contributed by atoms with E-state index in [0.29, 0.717) is 23.3 Å². The number of hydrogen-bond donors (Lipinski definition) is 1. The van der Waals surface area contributed by atoms with E-state index < -0.39 is 4.75 Å². The summed E-state index contributed by atoms with van der Waals surface area (Å²) in [4.78, 5) is 20.2. The number of aromatic nitrogens is 3. The second-order valence-corrected chi connectivity index (χ2v) is 8.36. The van der Waals surface area contributed by atoms with Gasteiger partial charge in [0.15, 0.2) is 5.82 Å². The van der Waals surface area contributed by atoms with Crippen molar-refractivity contribution in [2.75, 3.05) is 11.4 Å². The first kappa shape index (κ1) is 17.1. The Morgan fingerprint density at radius 3 is 2.62 bits per heavy atom. The van der Waals surface area contributed by atoms with Crippen LogP contribution < -0.4 is 4.90 Å². The number of amides is 1. The van der Waals surface area contributed by atoms with Crippen molar-refractivity contribution in [1.82, 2.24) is 15.2 Å². The molecule has 0 saturated carbocycles. The first-order valence-corrected chi connectivity index (χ1v) is 9.49. The van der Waals surface area contributed by atoms with Gasteiger partial charge in [0.2, 0.25) is 5.91 Å². The molecule has 1 aliphatic rings. The number of halogens is 1. The van der Waals surface area contributed by atoms with Gasteiger partial charge in [-0.05, 0) is 37.6 Å². The van der Waals surface area contributed by atoms with Gasteiger partial charge in [-0.15, -0.1) is 16.9 Å². The summed E-state index contributed by atoms with van der Waals surface area (Å²) in [5, 5.41) is 7.87. The fourth-order valence-corrected chi connectivity index (χ4v) is 4.28. The minimum Gasteiger partial charge on any atom is -0.278 e. The maximum Gasteiger partial charge on any atom is 0.251 e. The zero-order valence-corrected chi connectivity index (χ0v) is 15.7.